The SMILES string of the molecule is O=C(C1CC(F)(F)CN1)N1CCC(Nc2ccccc2)C1. The van der Waals surface area contributed by atoms with E-state index in [1.54, 1.807) is 4.90 Å². The Morgan fingerprint density at radius 2 is 2.10 bits per heavy atom. The Hall–Kier alpha value is -1.69. The Bertz CT molecular complexity index is 509. The maximum absolute atomic E-state index is 13.2. The molecule has 114 valence electrons. The van der Waals surface area contributed by atoms with Gasteiger partial charge in [-0.25, -0.2) is 8.78 Å². The molecule has 0 bridgehead atoms. The lowest BCUT2D eigenvalue weighted by molar-refractivity contribution is -0.132. The first-order valence-electron chi connectivity index (χ1n) is 7.25. The molecule has 2 heterocycles. The van der Waals surface area contributed by atoms with Crippen LogP contribution >= 0.6 is 0 Å². The maximum atomic E-state index is 13.2. The first kappa shape index (κ1) is 14.3. The van der Waals surface area contributed by atoms with Gasteiger partial charge in [0.15, 0.2) is 0 Å². The number of nitrogens with zero attached hydrogens (tertiary/aromatic N) is 1. The number of alkyl halides is 2. The van der Waals surface area contributed by atoms with Gasteiger partial charge < -0.3 is 10.2 Å². The number of amides is 1. The van der Waals surface area contributed by atoms with Gasteiger partial charge in [-0.15, -0.1) is 0 Å². The fourth-order valence-electron chi connectivity index (χ4n) is 2.96. The summed E-state index contributed by atoms with van der Waals surface area (Å²) in [6.07, 6.45) is 0.447. The lowest BCUT2D eigenvalue weighted by atomic mass is 10.1. The highest BCUT2D eigenvalue weighted by Gasteiger charge is 2.44. The summed E-state index contributed by atoms with van der Waals surface area (Å²) in [4.78, 5) is 13.9. The second-order valence-corrected chi connectivity index (χ2v) is 5.77. The standard InChI is InChI=1S/C15H19F2N3O/c16-15(17)8-13(18-10-15)14(21)20-7-6-12(9-20)19-11-4-2-1-3-5-11/h1-5,12-13,18-19H,6-10H2. The van der Waals surface area contributed by atoms with E-state index in [0.717, 1.165) is 12.1 Å². The fraction of sp³-hybridized carbons (Fsp3) is 0.533. The molecule has 4 nitrogen and oxygen atoms in total. The molecule has 2 aliphatic rings. The van der Waals surface area contributed by atoms with Gasteiger partial charge in [-0.2, -0.15) is 0 Å². The molecular weight excluding hydrogens is 276 g/mol. The summed E-state index contributed by atoms with van der Waals surface area (Å²) in [5, 5.41) is 6.00. The van der Waals surface area contributed by atoms with Crippen LogP contribution in [0.4, 0.5) is 14.5 Å². The van der Waals surface area contributed by atoms with Gasteiger partial charge in [0.1, 0.15) is 0 Å². The highest BCUT2D eigenvalue weighted by molar-refractivity contribution is 5.82. The van der Waals surface area contributed by atoms with Crippen LogP contribution in [-0.4, -0.2) is 48.4 Å². The number of carbonyl (C=O) groups is 1. The minimum Gasteiger partial charge on any atom is -0.380 e. The molecule has 2 fully saturated rings. The van der Waals surface area contributed by atoms with Gasteiger partial charge in [-0.1, -0.05) is 18.2 Å². The number of carbonyl (C=O) groups excluding carboxylic acids is 1. The third kappa shape index (κ3) is 3.32. The van der Waals surface area contributed by atoms with Gasteiger partial charge in [-0.05, 0) is 18.6 Å². The maximum Gasteiger partial charge on any atom is 0.262 e. The van der Waals surface area contributed by atoms with Gasteiger partial charge in [0.25, 0.3) is 5.92 Å². The summed E-state index contributed by atoms with van der Waals surface area (Å²) in [5.41, 5.74) is 1.02. The highest BCUT2D eigenvalue weighted by Crippen LogP contribution is 2.27. The molecule has 1 aromatic rings. The molecule has 1 amide bonds. The zero-order chi connectivity index (χ0) is 14.9. The van der Waals surface area contributed by atoms with Crippen molar-refractivity contribution in [3.8, 4) is 0 Å². The number of hydrogen-bond acceptors (Lipinski definition) is 3. The van der Waals surface area contributed by atoms with Crippen molar-refractivity contribution in [1.29, 1.82) is 0 Å². The predicted octanol–water partition coefficient (Wildman–Crippen LogP) is 1.70. The number of halogens is 2. The van der Waals surface area contributed by atoms with E-state index in [4.69, 9.17) is 0 Å². The molecule has 0 aromatic heterocycles. The van der Waals surface area contributed by atoms with Crippen molar-refractivity contribution >= 4 is 11.6 Å². The van der Waals surface area contributed by atoms with Crippen LogP contribution < -0.4 is 10.6 Å². The molecular formula is C15H19F2N3O. The van der Waals surface area contributed by atoms with Crippen LogP contribution in [0.15, 0.2) is 30.3 Å². The molecule has 2 atom stereocenters. The van der Waals surface area contributed by atoms with E-state index in [2.05, 4.69) is 10.6 Å². The zero-order valence-corrected chi connectivity index (χ0v) is 11.7. The lowest BCUT2D eigenvalue weighted by Crippen LogP contribution is -2.43. The van der Waals surface area contributed by atoms with Crippen LogP contribution in [0, 0.1) is 0 Å². The number of para-hydroxylation sites is 1. The molecule has 0 spiro atoms. The molecule has 2 N–H and O–H groups in total. The summed E-state index contributed by atoms with van der Waals surface area (Å²) >= 11 is 0. The van der Waals surface area contributed by atoms with E-state index < -0.39 is 18.5 Å². The van der Waals surface area contributed by atoms with E-state index in [0.29, 0.717) is 13.1 Å². The Labute approximate surface area is 122 Å². The zero-order valence-electron chi connectivity index (χ0n) is 11.7. The summed E-state index contributed by atoms with van der Waals surface area (Å²) < 4.78 is 26.3. The lowest BCUT2D eigenvalue weighted by Gasteiger charge is -2.21. The number of benzene rings is 1. The Morgan fingerprint density at radius 1 is 1.33 bits per heavy atom. The molecule has 6 heteroatoms. The van der Waals surface area contributed by atoms with E-state index in [9.17, 15) is 13.6 Å². The number of anilines is 1. The van der Waals surface area contributed by atoms with Crippen LogP contribution in [0.1, 0.15) is 12.8 Å². The number of likely N-dealkylation sites (tertiary alicyclic amines) is 1. The molecule has 0 aliphatic carbocycles. The molecule has 0 radical (unpaired) electrons. The average molecular weight is 295 g/mol. The predicted molar refractivity (Wildman–Crippen MR) is 76.4 cm³/mol. The van der Waals surface area contributed by atoms with E-state index in [1.165, 1.54) is 0 Å². The normalized spacial score (nSPS) is 27.8. The minimum atomic E-state index is -2.76. The van der Waals surface area contributed by atoms with Gasteiger partial charge >= 0.3 is 0 Å². The second kappa shape index (κ2) is 5.60. The van der Waals surface area contributed by atoms with E-state index in [1.807, 2.05) is 30.3 Å². The topological polar surface area (TPSA) is 44.4 Å². The summed E-state index contributed by atoms with van der Waals surface area (Å²) in [6, 6.07) is 9.23. The Kier molecular flexibility index (Phi) is 3.80. The second-order valence-electron chi connectivity index (χ2n) is 5.77. The number of rotatable bonds is 3. The van der Waals surface area contributed by atoms with Gasteiger partial charge in [0, 0.05) is 31.2 Å². The van der Waals surface area contributed by atoms with Crippen molar-refractivity contribution in [2.24, 2.45) is 0 Å². The van der Waals surface area contributed by atoms with Gasteiger partial charge in [-0.3, -0.25) is 10.1 Å². The summed E-state index contributed by atoms with van der Waals surface area (Å²) in [6.45, 7) is 0.785. The summed E-state index contributed by atoms with van der Waals surface area (Å²) in [5.74, 6) is -2.97. The quantitative estimate of drug-likeness (QED) is 0.892. The molecule has 2 aliphatic heterocycles. The first-order valence-corrected chi connectivity index (χ1v) is 7.25. The highest BCUT2D eigenvalue weighted by atomic mass is 19.3. The average Bonchev–Trinajstić information content (AvgIpc) is 3.06. The van der Waals surface area contributed by atoms with Crippen LogP contribution in [-0.2, 0) is 4.79 Å². The van der Waals surface area contributed by atoms with Crippen LogP contribution in [0.2, 0.25) is 0 Å². The van der Waals surface area contributed by atoms with Crippen LogP contribution in [0.3, 0.4) is 0 Å². The molecule has 2 unspecified atom stereocenters. The molecule has 0 saturated carbocycles. The molecule has 3 rings (SSSR count). The Morgan fingerprint density at radius 3 is 2.76 bits per heavy atom. The largest absolute Gasteiger partial charge is 0.380 e. The third-order valence-electron chi connectivity index (χ3n) is 4.05. The van der Waals surface area contributed by atoms with Crippen molar-refractivity contribution in [1.82, 2.24) is 10.2 Å². The van der Waals surface area contributed by atoms with E-state index in [-0.39, 0.29) is 18.4 Å². The van der Waals surface area contributed by atoms with Crippen molar-refractivity contribution in [2.45, 2.75) is 30.8 Å². The molecule has 1 aromatic carbocycles. The van der Waals surface area contributed by atoms with E-state index >= 15 is 0 Å². The van der Waals surface area contributed by atoms with Crippen molar-refractivity contribution in [3.63, 3.8) is 0 Å². The van der Waals surface area contributed by atoms with Crippen molar-refractivity contribution in [2.75, 3.05) is 25.0 Å². The van der Waals surface area contributed by atoms with Gasteiger partial charge in [0.05, 0.1) is 12.6 Å². The third-order valence-corrected chi connectivity index (χ3v) is 4.05. The first-order chi connectivity index (χ1) is 10.0. The molecule has 2 saturated heterocycles. The fourth-order valence-corrected chi connectivity index (χ4v) is 2.96. The summed E-state index contributed by atoms with van der Waals surface area (Å²) in [7, 11) is 0. The van der Waals surface area contributed by atoms with Crippen LogP contribution in [0.5, 0.6) is 0 Å². The number of nitrogens with one attached hydrogen (secondary N) is 2. The van der Waals surface area contributed by atoms with Crippen molar-refractivity contribution < 1.29 is 13.6 Å². The van der Waals surface area contributed by atoms with Crippen molar-refractivity contribution in [3.05, 3.63) is 30.3 Å². The molecule has 21 heavy (non-hydrogen) atoms. The van der Waals surface area contributed by atoms with Gasteiger partial charge in [0.2, 0.25) is 5.91 Å². The minimum absolute atomic E-state index is 0.179. The monoisotopic (exact) mass is 295 g/mol. The Balaban J connectivity index is 1.54. The smallest absolute Gasteiger partial charge is 0.262 e. The number of hydrogen-bond donors (Lipinski definition) is 2. The van der Waals surface area contributed by atoms with Crippen LogP contribution in [0.25, 0.3) is 0 Å².